The van der Waals surface area contributed by atoms with Crippen LogP contribution in [0, 0.1) is 17.3 Å². The molecule has 276 valence electrons. The molecule has 2 aliphatic heterocycles. The molecule has 2 fully saturated rings. The predicted octanol–water partition coefficient (Wildman–Crippen LogP) is 8.39. The Kier molecular flexibility index (Phi) is 13.4. The van der Waals surface area contributed by atoms with Crippen molar-refractivity contribution in [2.24, 2.45) is 17.3 Å². The lowest BCUT2D eigenvalue weighted by molar-refractivity contribution is -0.283. The van der Waals surface area contributed by atoms with E-state index in [0.717, 1.165) is 17.6 Å². The molecule has 10 heteroatoms. The Morgan fingerprint density at radius 3 is 2.20 bits per heavy atom. The highest BCUT2D eigenvalue weighted by Crippen LogP contribution is 2.45. The van der Waals surface area contributed by atoms with E-state index in [1.54, 1.807) is 52.2 Å². The molecule has 2 saturated heterocycles. The van der Waals surface area contributed by atoms with Crippen LogP contribution < -0.4 is 9.47 Å². The Labute approximate surface area is 294 Å². The highest BCUT2D eigenvalue weighted by molar-refractivity contribution is 5.79. The molecular formula is C39H61NO9. The van der Waals surface area contributed by atoms with E-state index in [9.17, 15) is 9.59 Å². The molecule has 0 saturated carbocycles. The van der Waals surface area contributed by atoms with Crippen LogP contribution in [-0.4, -0.2) is 73.5 Å². The summed E-state index contributed by atoms with van der Waals surface area (Å²) >= 11 is 0. The molecule has 10 nitrogen and oxygen atoms in total. The molecule has 0 bridgehead atoms. The number of benzene rings is 1. The van der Waals surface area contributed by atoms with Crippen LogP contribution in [0.15, 0.2) is 42.0 Å². The maximum Gasteiger partial charge on any atom is 0.413 e. The number of ether oxygens (including phenoxy) is 7. The van der Waals surface area contributed by atoms with Crippen molar-refractivity contribution < 1.29 is 42.7 Å². The molecule has 1 aromatic rings. The number of hydrogen-bond donors (Lipinski definition) is 0. The van der Waals surface area contributed by atoms with E-state index in [1.165, 1.54) is 12.0 Å². The fourth-order valence-corrected chi connectivity index (χ4v) is 6.94. The van der Waals surface area contributed by atoms with Crippen LogP contribution in [0.2, 0.25) is 0 Å². The topological polar surface area (TPSA) is 102 Å². The van der Waals surface area contributed by atoms with E-state index in [-0.39, 0.29) is 29.5 Å². The average Bonchev–Trinajstić information content (AvgIpc) is 3.40. The van der Waals surface area contributed by atoms with Gasteiger partial charge in [0, 0.05) is 23.0 Å². The molecule has 4 unspecified atom stereocenters. The molecule has 0 radical (unpaired) electrons. The maximum atomic E-state index is 14.1. The molecule has 0 aliphatic carbocycles. The van der Waals surface area contributed by atoms with Gasteiger partial charge in [0.25, 0.3) is 0 Å². The molecule has 0 N–H and O–H groups in total. The number of esters is 1. The summed E-state index contributed by atoms with van der Waals surface area (Å²) in [6, 6.07) is 4.61. The number of hydrogen-bond acceptors (Lipinski definition) is 9. The van der Waals surface area contributed by atoms with Crippen molar-refractivity contribution in [3.63, 3.8) is 0 Å². The first-order valence-corrected chi connectivity index (χ1v) is 17.5. The second-order valence-corrected chi connectivity index (χ2v) is 15.4. The minimum Gasteiger partial charge on any atom is -0.497 e. The van der Waals surface area contributed by atoms with Gasteiger partial charge in [-0.15, -0.1) is 0 Å². The van der Waals surface area contributed by atoms with Crippen LogP contribution in [0.4, 0.5) is 4.79 Å². The van der Waals surface area contributed by atoms with Crippen LogP contribution in [-0.2, 0) is 28.5 Å². The summed E-state index contributed by atoms with van der Waals surface area (Å²) in [6.45, 7) is 27.9. The molecule has 3 rings (SSSR count). The monoisotopic (exact) mass is 687 g/mol. The highest BCUT2D eigenvalue weighted by atomic mass is 16.7. The summed E-state index contributed by atoms with van der Waals surface area (Å²) in [4.78, 5) is 29.6. The Hall–Kier alpha value is -3.08. The van der Waals surface area contributed by atoms with Crippen LogP contribution in [0.1, 0.15) is 108 Å². The Bertz CT molecular complexity index is 1350. The second kappa shape index (κ2) is 16.3. The summed E-state index contributed by atoms with van der Waals surface area (Å²) in [7, 11) is 3.10. The van der Waals surface area contributed by atoms with Gasteiger partial charge in [-0.1, -0.05) is 53.7 Å². The van der Waals surface area contributed by atoms with Crippen LogP contribution in [0.5, 0.6) is 11.5 Å². The Morgan fingerprint density at radius 1 is 1.02 bits per heavy atom. The zero-order valence-corrected chi connectivity index (χ0v) is 32.2. The predicted molar refractivity (Wildman–Crippen MR) is 189 cm³/mol. The van der Waals surface area contributed by atoms with Gasteiger partial charge in [0.2, 0.25) is 0 Å². The summed E-state index contributed by atoms with van der Waals surface area (Å²) in [5, 5.41) is 0. The smallest absolute Gasteiger partial charge is 0.413 e. The van der Waals surface area contributed by atoms with Crippen molar-refractivity contribution in [3.8, 4) is 11.5 Å². The van der Waals surface area contributed by atoms with Gasteiger partial charge in [-0.3, -0.25) is 4.90 Å². The number of carbonyl (C=O) groups excluding carboxylic acids is 2. The minimum absolute atomic E-state index is 0.00236. The van der Waals surface area contributed by atoms with Gasteiger partial charge in [0.1, 0.15) is 23.2 Å². The van der Waals surface area contributed by atoms with Crippen molar-refractivity contribution in [3.05, 3.63) is 47.6 Å². The van der Waals surface area contributed by atoms with E-state index in [1.807, 2.05) is 27.7 Å². The molecule has 2 aliphatic rings. The zero-order chi connectivity index (χ0) is 37.0. The third-order valence-corrected chi connectivity index (χ3v) is 9.86. The average molecular weight is 688 g/mol. The fourth-order valence-electron chi connectivity index (χ4n) is 6.94. The molecule has 0 spiro atoms. The SMILES string of the molecule is C=CC1O[C@@H](CC)C(C)(C)[C@H]([C@@H](C)/C(C)=C(\C)C(C)OC(=O)[C@@H]2OC(c3ccc(OC)cc3OC)N(C(=O)OC(C)(C)C)C2CC(C)C)O1. The van der Waals surface area contributed by atoms with Crippen molar-refractivity contribution in [2.45, 2.75) is 145 Å². The number of nitrogens with zero attached hydrogens (tertiary/aromatic N) is 1. The van der Waals surface area contributed by atoms with Gasteiger partial charge in [-0.05, 0) is 84.1 Å². The standard InChI is InChI=1S/C39H61NO9/c1-16-31-39(12,13)34(47-32(17-2)46-31)25(7)23(5)24(6)26(8)45-36(41)33-29(20-22(3)4)40(37(42)49-38(9,10)11)35(48-33)28-19-18-27(43-14)21-30(28)44-15/h17-19,21-22,25-26,29,31-35H,2,16,20H2,1,3-15H3/b24-23+/t25-,26?,29?,31-,32?,33+,34-,35?/m0/s1. The van der Waals surface area contributed by atoms with Crippen molar-refractivity contribution >= 4 is 12.1 Å². The summed E-state index contributed by atoms with van der Waals surface area (Å²) < 4.78 is 42.2. The fraction of sp³-hybridized carbons (Fsp3) is 0.692. The highest BCUT2D eigenvalue weighted by Gasteiger charge is 2.52. The molecular weight excluding hydrogens is 626 g/mol. The first-order valence-electron chi connectivity index (χ1n) is 17.5. The van der Waals surface area contributed by atoms with Crippen LogP contribution in [0.25, 0.3) is 0 Å². The van der Waals surface area contributed by atoms with Crippen LogP contribution >= 0.6 is 0 Å². The molecule has 8 atom stereocenters. The van der Waals surface area contributed by atoms with Gasteiger partial charge in [-0.2, -0.15) is 0 Å². The lowest BCUT2D eigenvalue weighted by Crippen LogP contribution is -2.54. The molecule has 1 amide bonds. The number of methoxy groups -OCH3 is 2. The van der Waals surface area contributed by atoms with Gasteiger partial charge in [0.05, 0.1) is 32.5 Å². The summed E-state index contributed by atoms with van der Waals surface area (Å²) in [6.07, 6.45) is -0.815. The van der Waals surface area contributed by atoms with Crippen molar-refractivity contribution in [1.82, 2.24) is 4.90 Å². The minimum atomic E-state index is -1.07. The lowest BCUT2D eigenvalue weighted by Gasteiger charge is -2.49. The largest absolute Gasteiger partial charge is 0.497 e. The summed E-state index contributed by atoms with van der Waals surface area (Å²) in [5.41, 5.74) is 1.52. The molecule has 1 aromatic carbocycles. The lowest BCUT2D eigenvalue weighted by atomic mass is 9.71. The Balaban J connectivity index is 1.97. The Morgan fingerprint density at radius 2 is 1.67 bits per heavy atom. The molecule has 0 aromatic heterocycles. The van der Waals surface area contributed by atoms with Crippen molar-refractivity contribution in [2.75, 3.05) is 14.2 Å². The van der Waals surface area contributed by atoms with Gasteiger partial charge in [0.15, 0.2) is 18.6 Å². The number of carbonyl (C=O) groups is 2. The molecule has 2 heterocycles. The first kappa shape index (κ1) is 40.4. The summed E-state index contributed by atoms with van der Waals surface area (Å²) in [5.74, 6) is 0.609. The number of rotatable bonds is 12. The number of amides is 1. The van der Waals surface area contributed by atoms with E-state index >= 15 is 0 Å². The van der Waals surface area contributed by atoms with E-state index < -0.39 is 48.4 Å². The van der Waals surface area contributed by atoms with Crippen LogP contribution in [0.3, 0.4) is 0 Å². The van der Waals surface area contributed by atoms with E-state index in [0.29, 0.717) is 23.5 Å². The maximum absolute atomic E-state index is 14.1. The first-order chi connectivity index (χ1) is 22.8. The van der Waals surface area contributed by atoms with Gasteiger partial charge >= 0.3 is 12.1 Å². The quantitative estimate of drug-likeness (QED) is 0.158. The van der Waals surface area contributed by atoms with Crippen molar-refractivity contribution in [1.29, 1.82) is 0 Å². The molecule has 49 heavy (non-hydrogen) atoms. The third kappa shape index (κ3) is 9.18. The third-order valence-electron chi connectivity index (χ3n) is 9.86. The van der Waals surface area contributed by atoms with Gasteiger partial charge < -0.3 is 33.2 Å². The normalized spacial score (nSPS) is 27.2. The van der Waals surface area contributed by atoms with E-state index in [2.05, 4.69) is 41.2 Å². The van der Waals surface area contributed by atoms with Gasteiger partial charge in [-0.25, -0.2) is 9.59 Å². The zero-order valence-electron chi connectivity index (χ0n) is 32.2. The second-order valence-electron chi connectivity index (χ2n) is 15.4. The van der Waals surface area contributed by atoms with E-state index in [4.69, 9.17) is 33.2 Å².